The molecule has 0 unspecified atom stereocenters. The summed E-state index contributed by atoms with van der Waals surface area (Å²) >= 11 is 0. The molecular formula is C15H15N3O2. The minimum Gasteiger partial charge on any atom is -0.472 e. The number of carbonyl (C=O) groups excluding carboxylic acids is 1. The molecule has 2 rings (SSSR count). The molecule has 1 heterocycles. The van der Waals surface area contributed by atoms with Gasteiger partial charge in [-0.2, -0.15) is 4.99 Å². The summed E-state index contributed by atoms with van der Waals surface area (Å²) < 4.78 is 7.29. The van der Waals surface area contributed by atoms with Crippen LogP contribution in [0, 0.1) is 0 Å². The fourth-order valence-corrected chi connectivity index (χ4v) is 1.90. The average Bonchev–Trinajstić information content (AvgIpc) is 2.83. The molecule has 1 aromatic heterocycles. The molecular weight excluding hydrogens is 254 g/mol. The van der Waals surface area contributed by atoms with Crippen molar-refractivity contribution in [2.75, 3.05) is 0 Å². The van der Waals surface area contributed by atoms with Gasteiger partial charge >= 0.3 is 0 Å². The first-order valence-electron chi connectivity index (χ1n) is 6.10. The van der Waals surface area contributed by atoms with Gasteiger partial charge in [-0.1, -0.05) is 24.3 Å². The minimum absolute atomic E-state index is 0.264. The van der Waals surface area contributed by atoms with E-state index in [9.17, 15) is 4.79 Å². The number of allylic oxidation sites excluding steroid dienone is 1. The highest BCUT2D eigenvalue weighted by Gasteiger charge is 2.10. The van der Waals surface area contributed by atoms with E-state index in [0.29, 0.717) is 11.6 Å². The lowest BCUT2D eigenvalue weighted by Gasteiger charge is -2.11. The molecule has 0 fully saturated rings. The van der Waals surface area contributed by atoms with Crippen molar-refractivity contribution in [2.45, 2.75) is 13.5 Å². The first-order chi connectivity index (χ1) is 9.61. The third kappa shape index (κ3) is 3.02. The van der Waals surface area contributed by atoms with Gasteiger partial charge in [0.2, 0.25) is 12.0 Å². The van der Waals surface area contributed by atoms with Crippen LogP contribution in [0.2, 0.25) is 0 Å². The van der Waals surface area contributed by atoms with Gasteiger partial charge in [0.15, 0.2) is 0 Å². The van der Waals surface area contributed by atoms with Gasteiger partial charge in [-0.3, -0.25) is 4.68 Å². The molecule has 0 aliphatic heterocycles. The first-order valence-corrected chi connectivity index (χ1v) is 6.10. The van der Waals surface area contributed by atoms with Crippen LogP contribution in [0.3, 0.4) is 0 Å². The van der Waals surface area contributed by atoms with Crippen LogP contribution < -0.4 is 4.74 Å². The van der Waals surface area contributed by atoms with E-state index in [2.05, 4.69) is 16.7 Å². The summed E-state index contributed by atoms with van der Waals surface area (Å²) in [7, 11) is 1.82. The number of aromatic nitrogens is 2. The predicted octanol–water partition coefficient (Wildman–Crippen LogP) is 3.00. The number of rotatable bonds is 5. The minimum atomic E-state index is 0.264. The van der Waals surface area contributed by atoms with Gasteiger partial charge in [-0.15, -0.1) is 5.10 Å². The topological polar surface area (TPSA) is 56.5 Å². The summed E-state index contributed by atoms with van der Waals surface area (Å²) in [5, 5.41) is 4.14. The molecule has 0 atom stereocenters. The van der Waals surface area contributed by atoms with E-state index in [4.69, 9.17) is 4.74 Å². The maximum Gasteiger partial charge on any atom is 0.240 e. The summed E-state index contributed by atoms with van der Waals surface area (Å²) in [6.45, 7) is 6.09. The van der Waals surface area contributed by atoms with Crippen molar-refractivity contribution >= 4 is 17.3 Å². The highest BCUT2D eigenvalue weighted by Crippen LogP contribution is 2.28. The van der Waals surface area contributed by atoms with Gasteiger partial charge in [0.1, 0.15) is 6.61 Å². The molecule has 0 radical (unpaired) electrons. The molecule has 0 spiro atoms. The lowest BCUT2D eigenvalue weighted by Crippen LogP contribution is -2.01. The molecule has 0 amide bonds. The number of ether oxygens (including phenoxy) is 1. The highest BCUT2D eigenvalue weighted by molar-refractivity contribution is 5.70. The monoisotopic (exact) mass is 269 g/mol. The molecule has 0 aliphatic rings. The molecule has 0 bridgehead atoms. The van der Waals surface area contributed by atoms with Crippen LogP contribution in [0.5, 0.6) is 5.88 Å². The van der Waals surface area contributed by atoms with Gasteiger partial charge in [0.05, 0.1) is 5.69 Å². The normalized spacial score (nSPS) is 9.90. The Morgan fingerprint density at radius 2 is 2.30 bits per heavy atom. The van der Waals surface area contributed by atoms with Gasteiger partial charge in [-0.25, -0.2) is 4.79 Å². The van der Waals surface area contributed by atoms with Crippen LogP contribution >= 0.6 is 0 Å². The molecule has 20 heavy (non-hydrogen) atoms. The quantitative estimate of drug-likeness (QED) is 0.619. The fraction of sp³-hybridized carbons (Fsp3) is 0.200. The van der Waals surface area contributed by atoms with Crippen molar-refractivity contribution < 1.29 is 9.53 Å². The van der Waals surface area contributed by atoms with Crippen molar-refractivity contribution in [3.8, 4) is 5.88 Å². The number of aliphatic imine (C=N–C) groups is 1. The second-order valence-electron chi connectivity index (χ2n) is 4.40. The van der Waals surface area contributed by atoms with E-state index in [1.54, 1.807) is 29.1 Å². The Kier molecular flexibility index (Phi) is 4.13. The Bertz CT molecular complexity index is 662. The van der Waals surface area contributed by atoms with E-state index in [-0.39, 0.29) is 6.61 Å². The number of hydrogen-bond acceptors (Lipinski definition) is 4. The SMILES string of the molecule is C=C(C)c1cccc(N=C=O)c1COc1ccn(C)n1. The van der Waals surface area contributed by atoms with Crippen molar-refractivity contribution in [1.29, 1.82) is 0 Å². The second-order valence-corrected chi connectivity index (χ2v) is 4.40. The molecule has 5 heteroatoms. The molecule has 0 aliphatic carbocycles. The fourth-order valence-electron chi connectivity index (χ4n) is 1.90. The largest absolute Gasteiger partial charge is 0.472 e. The Balaban J connectivity index is 2.32. The van der Waals surface area contributed by atoms with Crippen LogP contribution in [-0.4, -0.2) is 15.9 Å². The molecule has 5 nitrogen and oxygen atoms in total. The molecule has 0 N–H and O–H groups in total. The van der Waals surface area contributed by atoms with Crippen molar-refractivity contribution in [1.82, 2.24) is 9.78 Å². The number of aryl methyl sites for hydroxylation is 1. The first kappa shape index (κ1) is 13.8. The standard InChI is InChI=1S/C15H15N3O2/c1-11(2)12-5-4-6-14(16-10-19)13(12)9-20-15-7-8-18(3)17-15/h4-8H,1,9H2,2-3H3. The Morgan fingerprint density at radius 3 is 2.90 bits per heavy atom. The van der Waals surface area contributed by atoms with Crippen molar-refractivity contribution in [2.24, 2.45) is 12.0 Å². The van der Waals surface area contributed by atoms with E-state index < -0.39 is 0 Å². The zero-order chi connectivity index (χ0) is 14.5. The third-order valence-electron chi connectivity index (χ3n) is 2.83. The molecule has 2 aromatic rings. The summed E-state index contributed by atoms with van der Waals surface area (Å²) in [6, 6.07) is 7.26. The maximum atomic E-state index is 10.5. The van der Waals surface area contributed by atoms with Crippen LogP contribution in [0.25, 0.3) is 5.57 Å². The molecule has 0 saturated heterocycles. The molecule has 102 valence electrons. The summed E-state index contributed by atoms with van der Waals surface area (Å²) in [6.07, 6.45) is 3.36. The zero-order valence-electron chi connectivity index (χ0n) is 11.5. The van der Waals surface area contributed by atoms with Crippen LogP contribution in [0.4, 0.5) is 5.69 Å². The van der Waals surface area contributed by atoms with Gasteiger partial charge in [0.25, 0.3) is 0 Å². The maximum absolute atomic E-state index is 10.5. The predicted molar refractivity (Wildman–Crippen MR) is 76.5 cm³/mol. The molecule has 0 saturated carbocycles. The number of hydrogen-bond donors (Lipinski definition) is 0. The van der Waals surface area contributed by atoms with Crippen LogP contribution in [0.1, 0.15) is 18.1 Å². The smallest absolute Gasteiger partial charge is 0.240 e. The lowest BCUT2D eigenvalue weighted by molar-refractivity contribution is 0.291. The third-order valence-corrected chi connectivity index (χ3v) is 2.83. The van der Waals surface area contributed by atoms with E-state index >= 15 is 0 Å². The van der Waals surface area contributed by atoms with Crippen LogP contribution in [-0.2, 0) is 18.4 Å². The van der Waals surface area contributed by atoms with Gasteiger partial charge in [-0.05, 0) is 18.6 Å². The van der Waals surface area contributed by atoms with Gasteiger partial charge in [0, 0.05) is 24.9 Å². The van der Waals surface area contributed by atoms with Gasteiger partial charge < -0.3 is 4.74 Å². The van der Waals surface area contributed by atoms with Crippen molar-refractivity contribution in [3.63, 3.8) is 0 Å². The Labute approximate surface area is 117 Å². The van der Waals surface area contributed by atoms with E-state index in [1.807, 2.05) is 26.1 Å². The van der Waals surface area contributed by atoms with Crippen molar-refractivity contribution in [3.05, 3.63) is 48.2 Å². The highest BCUT2D eigenvalue weighted by atomic mass is 16.5. The lowest BCUT2D eigenvalue weighted by atomic mass is 10.0. The summed E-state index contributed by atoms with van der Waals surface area (Å²) in [5.41, 5.74) is 3.13. The summed E-state index contributed by atoms with van der Waals surface area (Å²) in [5.74, 6) is 0.519. The molecule has 1 aromatic carbocycles. The van der Waals surface area contributed by atoms with Crippen LogP contribution in [0.15, 0.2) is 42.0 Å². The second kappa shape index (κ2) is 5.99. The summed E-state index contributed by atoms with van der Waals surface area (Å²) in [4.78, 5) is 14.2. The average molecular weight is 269 g/mol. The Hall–Kier alpha value is -2.65. The van der Waals surface area contributed by atoms with E-state index in [0.717, 1.165) is 16.7 Å². The number of isocyanates is 1. The zero-order valence-corrected chi connectivity index (χ0v) is 11.5. The Morgan fingerprint density at radius 1 is 1.50 bits per heavy atom. The number of benzene rings is 1. The van der Waals surface area contributed by atoms with E-state index in [1.165, 1.54) is 0 Å². The number of nitrogens with zero attached hydrogens (tertiary/aromatic N) is 3.